The first-order valence-electron chi connectivity index (χ1n) is 7.06. The Bertz CT molecular complexity index is 566. The molecule has 7 heteroatoms. The molecule has 2 rings (SSSR count). The number of hydrogen-bond donors (Lipinski definition) is 2. The molecule has 0 bridgehead atoms. The number of hydrogen-bond acceptors (Lipinski definition) is 4. The Kier molecular flexibility index (Phi) is 5.43. The van der Waals surface area contributed by atoms with Gasteiger partial charge in [-0.05, 0) is 43.7 Å². The molecule has 0 atom stereocenters. The molecule has 0 aromatic heterocycles. The normalized spacial score (nSPS) is 19.6. The zero-order valence-electron chi connectivity index (χ0n) is 12.0. The molecule has 5 nitrogen and oxygen atoms in total. The van der Waals surface area contributed by atoms with E-state index >= 15 is 0 Å². The summed E-state index contributed by atoms with van der Waals surface area (Å²) in [6.45, 7) is 3.98. The third kappa shape index (κ3) is 4.04. The van der Waals surface area contributed by atoms with Crippen molar-refractivity contribution in [2.75, 3.05) is 26.2 Å². The Hall–Kier alpha value is -0.470. The highest BCUT2D eigenvalue weighted by molar-refractivity contribution is 9.10. The summed E-state index contributed by atoms with van der Waals surface area (Å²) in [5.74, 6) is 0. The highest BCUT2D eigenvalue weighted by Crippen LogP contribution is 2.26. The molecule has 0 aliphatic carbocycles. The monoisotopic (exact) mass is 376 g/mol. The molecule has 21 heavy (non-hydrogen) atoms. The molecule has 1 aliphatic heterocycles. The fraction of sp³-hybridized carbons (Fsp3) is 0.571. The highest BCUT2D eigenvalue weighted by Gasteiger charge is 2.36. The van der Waals surface area contributed by atoms with E-state index in [0.29, 0.717) is 37.4 Å². The largest absolute Gasteiger partial charge is 0.388 e. The van der Waals surface area contributed by atoms with Crippen molar-refractivity contribution in [2.45, 2.75) is 30.3 Å². The van der Waals surface area contributed by atoms with Gasteiger partial charge in [-0.25, -0.2) is 8.42 Å². The van der Waals surface area contributed by atoms with Crippen LogP contribution in [-0.4, -0.2) is 49.6 Å². The second-order valence-electron chi connectivity index (χ2n) is 5.36. The zero-order valence-corrected chi connectivity index (χ0v) is 14.5. The first kappa shape index (κ1) is 16.9. The van der Waals surface area contributed by atoms with Crippen LogP contribution in [0.4, 0.5) is 0 Å². The van der Waals surface area contributed by atoms with Crippen LogP contribution < -0.4 is 5.32 Å². The van der Waals surface area contributed by atoms with Crippen LogP contribution in [0.3, 0.4) is 0 Å². The summed E-state index contributed by atoms with van der Waals surface area (Å²) < 4.78 is 27.4. The van der Waals surface area contributed by atoms with Gasteiger partial charge in [0.05, 0.1) is 10.5 Å². The summed E-state index contributed by atoms with van der Waals surface area (Å²) in [5.41, 5.74) is -0.804. The predicted octanol–water partition coefficient (Wildman–Crippen LogP) is 1.57. The van der Waals surface area contributed by atoms with Crippen molar-refractivity contribution in [2.24, 2.45) is 0 Å². The number of benzene rings is 1. The minimum atomic E-state index is -3.47. The molecule has 0 spiro atoms. The maximum Gasteiger partial charge on any atom is 0.243 e. The lowest BCUT2D eigenvalue weighted by molar-refractivity contribution is -0.00342. The van der Waals surface area contributed by atoms with Crippen molar-refractivity contribution in [1.29, 1.82) is 0 Å². The van der Waals surface area contributed by atoms with Crippen molar-refractivity contribution in [3.63, 3.8) is 0 Å². The van der Waals surface area contributed by atoms with Crippen LogP contribution >= 0.6 is 15.9 Å². The average molecular weight is 377 g/mol. The van der Waals surface area contributed by atoms with Crippen LogP contribution in [0.2, 0.25) is 0 Å². The summed E-state index contributed by atoms with van der Waals surface area (Å²) in [4.78, 5) is 0.294. The molecular formula is C14H21BrN2O3S. The number of rotatable bonds is 5. The molecule has 118 valence electrons. The van der Waals surface area contributed by atoms with Crippen LogP contribution in [0.5, 0.6) is 0 Å². The van der Waals surface area contributed by atoms with E-state index in [4.69, 9.17) is 0 Å². The maximum absolute atomic E-state index is 12.5. The molecule has 0 saturated carbocycles. The number of likely N-dealkylation sites (N-methyl/N-ethyl adjacent to an activating group) is 1. The summed E-state index contributed by atoms with van der Waals surface area (Å²) in [5, 5.41) is 13.5. The zero-order chi connectivity index (χ0) is 15.5. The Labute approximate surface area is 134 Å². The first-order valence-corrected chi connectivity index (χ1v) is 9.29. The number of piperidine rings is 1. The van der Waals surface area contributed by atoms with E-state index in [-0.39, 0.29) is 0 Å². The highest BCUT2D eigenvalue weighted by atomic mass is 79.9. The van der Waals surface area contributed by atoms with Crippen LogP contribution in [0.15, 0.2) is 33.6 Å². The fourth-order valence-electron chi connectivity index (χ4n) is 2.43. The van der Waals surface area contributed by atoms with E-state index in [2.05, 4.69) is 21.2 Å². The van der Waals surface area contributed by atoms with Gasteiger partial charge in [-0.1, -0.05) is 22.9 Å². The van der Waals surface area contributed by atoms with E-state index in [1.54, 1.807) is 24.3 Å². The van der Waals surface area contributed by atoms with Crippen LogP contribution in [0, 0.1) is 0 Å². The van der Waals surface area contributed by atoms with Gasteiger partial charge in [-0.3, -0.25) is 0 Å². The molecule has 0 unspecified atom stereocenters. The quantitative estimate of drug-likeness (QED) is 0.818. The van der Waals surface area contributed by atoms with E-state index < -0.39 is 15.6 Å². The van der Waals surface area contributed by atoms with Gasteiger partial charge in [-0.2, -0.15) is 4.31 Å². The molecule has 1 saturated heterocycles. The minimum absolute atomic E-state index is 0.294. The van der Waals surface area contributed by atoms with Gasteiger partial charge in [0.1, 0.15) is 0 Å². The topological polar surface area (TPSA) is 69.6 Å². The molecule has 0 radical (unpaired) electrons. The average Bonchev–Trinajstić information content (AvgIpc) is 2.46. The van der Waals surface area contributed by atoms with Gasteiger partial charge in [0, 0.05) is 24.1 Å². The Morgan fingerprint density at radius 3 is 2.38 bits per heavy atom. The van der Waals surface area contributed by atoms with E-state index in [1.807, 2.05) is 6.92 Å². The lowest BCUT2D eigenvalue weighted by Crippen LogP contribution is -2.51. The third-order valence-corrected chi connectivity index (χ3v) is 6.25. The molecule has 1 heterocycles. The van der Waals surface area contributed by atoms with Gasteiger partial charge < -0.3 is 10.4 Å². The van der Waals surface area contributed by atoms with Gasteiger partial charge in [0.2, 0.25) is 10.0 Å². The van der Waals surface area contributed by atoms with Gasteiger partial charge in [0.15, 0.2) is 0 Å². The number of aliphatic hydroxyl groups is 1. The van der Waals surface area contributed by atoms with Crippen molar-refractivity contribution in [3.05, 3.63) is 28.7 Å². The molecular weight excluding hydrogens is 356 g/mol. The second-order valence-corrected chi connectivity index (χ2v) is 8.22. The first-order chi connectivity index (χ1) is 9.87. The molecule has 1 aromatic rings. The predicted molar refractivity (Wildman–Crippen MR) is 85.6 cm³/mol. The van der Waals surface area contributed by atoms with Crippen molar-refractivity contribution >= 4 is 26.0 Å². The summed E-state index contributed by atoms with van der Waals surface area (Å²) in [6.07, 6.45) is 0.908. The molecule has 0 amide bonds. The molecule has 1 aliphatic rings. The Morgan fingerprint density at radius 2 is 1.86 bits per heavy atom. The van der Waals surface area contributed by atoms with Crippen LogP contribution in [0.25, 0.3) is 0 Å². The van der Waals surface area contributed by atoms with Gasteiger partial charge >= 0.3 is 0 Å². The maximum atomic E-state index is 12.5. The number of sulfonamides is 1. The summed E-state index contributed by atoms with van der Waals surface area (Å²) in [7, 11) is -3.47. The van der Waals surface area contributed by atoms with Gasteiger partial charge in [-0.15, -0.1) is 0 Å². The van der Waals surface area contributed by atoms with Gasteiger partial charge in [0.25, 0.3) is 0 Å². The molecule has 1 aromatic carbocycles. The SMILES string of the molecule is CCNCC1(O)CCN(S(=O)(=O)c2ccc(Br)cc2)CC1. The number of halogens is 1. The lowest BCUT2D eigenvalue weighted by atomic mass is 9.92. The van der Waals surface area contributed by atoms with E-state index in [9.17, 15) is 13.5 Å². The lowest BCUT2D eigenvalue weighted by Gasteiger charge is -2.37. The van der Waals surface area contributed by atoms with Crippen molar-refractivity contribution in [3.8, 4) is 0 Å². The smallest absolute Gasteiger partial charge is 0.243 e. The summed E-state index contributed by atoms with van der Waals surface area (Å²) >= 11 is 3.30. The Morgan fingerprint density at radius 1 is 1.29 bits per heavy atom. The second kappa shape index (κ2) is 6.75. The van der Waals surface area contributed by atoms with Crippen molar-refractivity contribution in [1.82, 2.24) is 9.62 Å². The van der Waals surface area contributed by atoms with Crippen LogP contribution in [-0.2, 0) is 10.0 Å². The minimum Gasteiger partial charge on any atom is -0.388 e. The van der Waals surface area contributed by atoms with E-state index in [0.717, 1.165) is 11.0 Å². The molecule has 2 N–H and O–H groups in total. The fourth-order valence-corrected chi connectivity index (χ4v) is 4.14. The van der Waals surface area contributed by atoms with E-state index in [1.165, 1.54) is 4.31 Å². The number of nitrogens with one attached hydrogen (secondary N) is 1. The van der Waals surface area contributed by atoms with Crippen LogP contribution in [0.1, 0.15) is 19.8 Å². The summed E-state index contributed by atoms with van der Waals surface area (Å²) in [6, 6.07) is 6.63. The Balaban J connectivity index is 2.05. The number of nitrogens with zero attached hydrogens (tertiary/aromatic N) is 1. The van der Waals surface area contributed by atoms with Crippen molar-refractivity contribution < 1.29 is 13.5 Å². The third-order valence-electron chi connectivity index (χ3n) is 3.81. The molecule has 1 fully saturated rings. The standard InChI is InChI=1S/C14H21BrN2O3S/c1-2-16-11-14(18)7-9-17(10-8-14)21(19,20)13-5-3-12(15)4-6-13/h3-6,16,18H,2,7-11H2,1H3.